The Hall–Kier alpha value is -4.33. The molecule has 2 aromatic heterocycles. The molecule has 0 N–H and O–H groups in total. The second kappa shape index (κ2) is 10.0. The molecule has 1 amide bonds. The van der Waals surface area contributed by atoms with Crippen molar-refractivity contribution in [3.8, 4) is 11.3 Å². The predicted octanol–water partition coefficient (Wildman–Crippen LogP) is 5.92. The van der Waals surface area contributed by atoms with Crippen LogP contribution in [0.1, 0.15) is 72.5 Å². The number of ether oxygens (including phenoxy) is 1. The van der Waals surface area contributed by atoms with Crippen molar-refractivity contribution in [1.29, 1.82) is 0 Å². The highest BCUT2D eigenvalue weighted by molar-refractivity contribution is 5.93. The van der Waals surface area contributed by atoms with Crippen LogP contribution in [0, 0.1) is 5.82 Å². The van der Waals surface area contributed by atoms with E-state index in [1.807, 2.05) is 23.1 Å². The Balaban J connectivity index is 1.39. The van der Waals surface area contributed by atoms with Gasteiger partial charge in [0.2, 0.25) is 0 Å². The minimum Gasteiger partial charge on any atom is -0.463 e. The Labute approximate surface area is 232 Å². The van der Waals surface area contributed by atoms with Gasteiger partial charge in [0.1, 0.15) is 11.5 Å². The number of aromatic nitrogens is 3. The lowest BCUT2D eigenvalue weighted by atomic mass is 9.93. The third-order valence-corrected chi connectivity index (χ3v) is 8.11. The lowest BCUT2D eigenvalue weighted by Crippen LogP contribution is -2.39. The van der Waals surface area contributed by atoms with Crippen molar-refractivity contribution in [3.63, 3.8) is 0 Å². The normalized spacial score (nSPS) is 17.7. The molecular weight excluding hydrogens is 507 g/mol. The van der Waals surface area contributed by atoms with Gasteiger partial charge >= 0.3 is 5.97 Å². The highest BCUT2D eigenvalue weighted by Crippen LogP contribution is 2.48. The van der Waals surface area contributed by atoms with E-state index < -0.39 is 11.8 Å². The first-order valence-corrected chi connectivity index (χ1v) is 13.7. The zero-order valence-electron chi connectivity index (χ0n) is 22.9. The first-order valence-electron chi connectivity index (χ1n) is 13.7. The van der Waals surface area contributed by atoms with Crippen molar-refractivity contribution in [2.45, 2.75) is 51.5 Å². The first kappa shape index (κ1) is 25.9. The molecule has 1 aliphatic heterocycles. The number of esters is 1. The third-order valence-electron chi connectivity index (χ3n) is 8.11. The van der Waals surface area contributed by atoms with Crippen molar-refractivity contribution in [3.05, 3.63) is 94.6 Å². The van der Waals surface area contributed by atoms with Crippen LogP contribution < -0.4 is 0 Å². The summed E-state index contributed by atoms with van der Waals surface area (Å²) in [7, 11) is 0. The number of carbonyl (C=O) groups excluding carboxylic acids is 2. The van der Waals surface area contributed by atoms with Gasteiger partial charge in [-0.05, 0) is 62.4 Å². The van der Waals surface area contributed by atoms with E-state index in [0.717, 1.165) is 30.5 Å². The standard InChI is InChI=1S/C32H31FN4O3/c1-4-40-29(38)13-12-22-9-7-11-24(30(22)33)25-19-28-34-26(18-27(37(28)35-25)32(3)15-16-32)31(39)36-17-14-21-8-5-6-10-23(21)20(36)2/h5-13,18-20H,4,14-17H2,1-3H3/b13-12+/t20-/m1/s1. The smallest absolute Gasteiger partial charge is 0.330 e. The van der Waals surface area contributed by atoms with Gasteiger partial charge in [-0.15, -0.1) is 0 Å². The lowest BCUT2D eigenvalue weighted by molar-refractivity contribution is -0.137. The number of hydrogen-bond acceptors (Lipinski definition) is 5. The van der Waals surface area contributed by atoms with Crippen LogP contribution in [0.3, 0.4) is 0 Å². The summed E-state index contributed by atoms with van der Waals surface area (Å²) < 4.78 is 22.2. The molecule has 204 valence electrons. The Morgan fingerprint density at radius 2 is 1.95 bits per heavy atom. The van der Waals surface area contributed by atoms with Crippen molar-refractivity contribution in [2.75, 3.05) is 13.2 Å². The Kier molecular flexibility index (Phi) is 6.49. The summed E-state index contributed by atoms with van der Waals surface area (Å²) in [6, 6.07) is 16.7. The van der Waals surface area contributed by atoms with E-state index in [-0.39, 0.29) is 35.1 Å². The van der Waals surface area contributed by atoms with Gasteiger partial charge in [0.05, 0.1) is 24.0 Å². The molecule has 1 aliphatic carbocycles. The third kappa shape index (κ3) is 4.57. The number of rotatable bonds is 6. The van der Waals surface area contributed by atoms with Crippen LogP contribution in [0.5, 0.6) is 0 Å². The van der Waals surface area contributed by atoms with Crippen molar-refractivity contribution < 1.29 is 18.7 Å². The number of hydrogen-bond donors (Lipinski definition) is 0. The van der Waals surface area contributed by atoms with Gasteiger partial charge in [-0.25, -0.2) is 18.7 Å². The van der Waals surface area contributed by atoms with Crippen LogP contribution in [-0.2, 0) is 21.4 Å². The molecule has 0 saturated heterocycles. The zero-order valence-corrected chi connectivity index (χ0v) is 22.9. The first-order chi connectivity index (χ1) is 19.3. The molecule has 0 unspecified atom stereocenters. The molecule has 8 heteroatoms. The van der Waals surface area contributed by atoms with Crippen molar-refractivity contribution in [2.24, 2.45) is 0 Å². The van der Waals surface area contributed by atoms with Crippen LogP contribution in [0.15, 0.2) is 60.7 Å². The van der Waals surface area contributed by atoms with Crippen LogP contribution in [0.2, 0.25) is 0 Å². The summed E-state index contributed by atoms with van der Waals surface area (Å²) in [6.07, 6.45) is 5.36. The van der Waals surface area contributed by atoms with E-state index in [1.165, 1.54) is 17.7 Å². The number of halogens is 1. The maximum Gasteiger partial charge on any atom is 0.330 e. The van der Waals surface area contributed by atoms with E-state index in [0.29, 0.717) is 23.6 Å². The largest absolute Gasteiger partial charge is 0.463 e. The molecular formula is C32H31FN4O3. The van der Waals surface area contributed by atoms with E-state index >= 15 is 4.39 Å². The van der Waals surface area contributed by atoms with Gasteiger partial charge in [-0.2, -0.15) is 5.10 Å². The number of fused-ring (bicyclic) bond motifs is 2. The fourth-order valence-corrected chi connectivity index (χ4v) is 5.51. The van der Waals surface area contributed by atoms with Crippen molar-refractivity contribution >= 4 is 23.6 Å². The van der Waals surface area contributed by atoms with Crippen molar-refractivity contribution in [1.82, 2.24) is 19.5 Å². The molecule has 0 bridgehead atoms. The maximum absolute atomic E-state index is 15.6. The van der Waals surface area contributed by atoms with Crippen LogP contribution in [0.4, 0.5) is 4.39 Å². The second-order valence-corrected chi connectivity index (χ2v) is 10.8. The van der Waals surface area contributed by atoms with Crippen LogP contribution >= 0.6 is 0 Å². The maximum atomic E-state index is 15.6. The van der Waals surface area contributed by atoms with Crippen LogP contribution in [0.25, 0.3) is 23.0 Å². The van der Waals surface area contributed by atoms with Gasteiger partial charge in [0, 0.05) is 35.2 Å². The molecule has 3 heterocycles. The number of nitrogens with zero attached hydrogens (tertiary/aromatic N) is 4. The highest BCUT2D eigenvalue weighted by atomic mass is 19.1. The molecule has 1 saturated carbocycles. The lowest BCUT2D eigenvalue weighted by Gasteiger charge is -2.35. The predicted molar refractivity (Wildman–Crippen MR) is 150 cm³/mol. The fraction of sp³-hybridized carbons (Fsp3) is 0.312. The summed E-state index contributed by atoms with van der Waals surface area (Å²) in [5, 5.41) is 4.75. The minimum atomic E-state index is -0.532. The number of amides is 1. The minimum absolute atomic E-state index is 0.0598. The molecule has 2 aromatic carbocycles. The molecule has 6 rings (SSSR count). The zero-order chi connectivity index (χ0) is 28.0. The molecule has 1 fully saturated rings. The van der Waals surface area contributed by atoms with Gasteiger partial charge < -0.3 is 9.64 Å². The molecule has 7 nitrogen and oxygen atoms in total. The highest BCUT2D eigenvalue weighted by Gasteiger charge is 2.42. The summed E-state index contributed by atoms with van der Waals surface area (Å²) in [6.45, 7) is 6.79. The topological polar surface area (TPSA) is 76.8 Å². The van der Waals surface area contributed by atoms with E-state index in [1.54, 1.807) is 35.7 Å². The Morgan fingerprint density at radius 3 is 2.73 bits per heavy atom. The molecule has 0 radical (unpaired) electrons. The molecule has 2 aliphatic rings. The Morgan fingerprint density at radius 1 is 1.15 bits per heavy atom. The summed E-state index contributed by atoms with van der Waals surface area (Å²) in [4.78, 5) is 32.2. The summed E-state index contributed by atoms with van der Waals surface area (Å²) in [5.41, 5.74) is 5.04. The van der Waals surface area contributed by atoms with E-state index in [2.05, 4.69) is 26.0 Å². The number of carbonyl (C=O) groups is 2. The monoisotopic (exact) mass is 538 g/mol. The molecule has 0 spiro atoms. The summed E-state index contributed by atoms with van der Waals surface area (Å²) >= 11 is 0. The van der Waals surface area contributed by atoms with Gasteiger partial charge in [0.15, 0.2) is 5.65 Å². The number of benzene rings is 2. The van der Waals surface area contributed by atoms with E-state index in [9.17, 15) is 9.59 Å². The average Bonchev–Trinajstić information content (AvgIpc) is 3.56. The molecule has 1 atom stereocenters. The fourth-order valence-electron chi connectivity index (χ4n) is 5.51. The quantitative estimate of drug-likeness (QED) is 0.225. The van der Waals surface area contributed by atoms with Crippen LogP contribution in [-0.4, -0.2) is 44.5 Å². The van der Waals surface area contributed by atoms with Gasteiger partial charge in [-0.1, -0.05) is 43.3 Å². The second-order valence-electron chi connectivity index (χ2n) is 10.8. The Bertz CT molecular complexity index is 1670. The SMILES string of the molecule is CCOC(=O)/C=C/c1cccc(-c2cc3nc(C(=O)N4CCc5ccccc5[C@H]4C)cc(C4(C)CC4)n3n2)c1F. The summed E-state index contributed by atoms with van der Waals surface area (Å²) in [5.74, 6) is -1.15. The average molecular weight is 539 g/mol. The molecule has 40 heavy (non-hydrogen) atoms. The van der Waals surface area contributed by atoms with E-state index in [4.69, 9.17) is 14.8 Å². The van der Waals surface area contributed by atoms with Gasteiger partial charge in [0.25, 0.3) is 5.91 Å². The molecule has 4 aromatic rings. The van der Waals surface area contributed by atoms with Gasteiger partial charge in [-0.3, -0.25) is 4.79 Å².